The molecular formula is C14H18O4. The zero-order valence-corrected chi connectivity index (χ0v) is 10.9. The Balaban J connectivity index is 3.20. The Morgan fingerprint density at radius 3 is 2.50 bits per heavy atom. The fourth-order valence-electron chi connectivity index (χ4n) is 1.67. The summed E-state index contributed by atoms with van der Waals surface area (Å²) in [4.78, 5) is 11.5. The molecule has 1 atom stereocenters. The highest BCUT2D eigenvalue weighted by atomic mass is 16.5. The van der Waals surface area contributed by atoms with Gasteiger partial charge in [-0.25, -0.2) is 0 Å². The van der Waals surface area contributed by atoms with Crippen molar-refractivity contribution in [3.63, 3.8) is 0 Å². The molecule has 0 bridgehead atoms. The Morgan fingerprint density at radius 2 is 2.06 bits per heavy atom. The third-order valence-electron chi connectivity index (χ3n) is 2.78. The molecule has 4 nitrogen and oxygen atoms in total. The first-order chi connectivity index (χ1) is 8.38. The number of hydrogen-bond donors (Lipinski definition) is 2. The number of carbonyl (C=O) groups excluding carboxylic acids is 1. The standard InChI is InChI=1S/C14H18O4/c1-8(2)11(16)7-10-5-6-12(18-4)13(9(3)15)14(10)17/h5-6,11,16-17H,1,7H2,2-4H3. The molecule has 1 rings (SSSR count). The van der Waals surface area contributed by atoms with E-state index in [0.717, 1.165) is 0 Å². The molecule has 0 saturated carbocycles. The third-order valence-corrected chi connectivity index (χ3v) is 2.78. The number of rotatable bonds is 5. The summed E-state index contributed by atoms with van der Waals surface area (Å²) in [5, 5.41) is 19.8. The van der Waals surface area contributed by atoms with Gasteiger partial charge < -0.3 is 14.9 Å². The first kappa shape index (κ1) is 14.3. The van der Waals surface area contributed by atoms with Gasteiger partial charge in [0.15, 0.2) is 5.78 Å². The van der Waals surface area contributed by atoms with E-state index in [9.17, 15) is 15.0 Å². The minimum absolute atomic E-state index is 0.137. The second-order valence-corrected chi connectivity index (χ2v) is 4.27. The van der Waals surface area contributed by atoms with Crippen LogP contribution in [0.2, 0.25) is 0 Å². The molecule has 1 aromatic carbocycles. The molecule has 0 radical (unpaired) electrons. The summed E-state index contributed by atoms with van der Waals surface area (Å²) in [5.74, 6) is -0.0910. The van der Waals surface area contributed by atoms with Crippen LogP contribution in [0.4, 0.5) is 0 Å². The third kappa shape index (κ3) is 2.90. The van der Waals surface area contributed by atoms with Crippen LogP contribution in [0, 0.1) is 0 Å². The van der Waals surface area contributed by atoms with Crippen LogP contribution in [0.3, 0.4) is 0 Å². The fourth-order valence-corrected chi connectivity index (χ4v) is 1.67. The number of ketones is 1. The molecule has 0 amide bonds. The van der Waals surface area contributed by atoms with Crippen molar-refractivity contribution in [1.29, 1.82) is 0 Å². The normalized spacial score (nSPS) is 12.0. The molecular weight excluding hydrogens is 232 g/mol. The fraction of sp³-hybridized carbons (Fsp3) is 0.357. The number of methoxy groups -OCH3 is 1. The van der Waals surface area contributed by atoms with E-state index >= 15 is 0 Å². The first-order valence-corrected chi connectivity index (χ1v) is 5.61. The zero-order chi connectivity index (χ0) is 13.9. The quantitative estimate of drug-likeness (QED) is 0.620. The van der Waals surface area contributed by atoms with Crippen LogP contribution in [-0.2, 0) is 6.42 Å². The molecule has 4 heteroatoms. The second kappa shape index (κ2) is 5.69. The highest BCUT2D eigenvalue weighted by Gasteiger charge is 2.19. The summed E-state index contributed by atoms with van der Waals surface area (Å²) in [6.07, 6.45) is -0.532. The van der Waals surface area contributed by atoms with E-state index in [4.69, 9.17) is 4.74 Å². The largest absolute Gasteiger partial charge is 0.507 e. The number of hydrogen-bond acceptors (Lipinski definition) is 4. The average molecular weight is 250 g/mol. The molecule has 98 valence electrons. The van der Waals surface area contributed by atoms with Gasteiger partial charge in [0.2, 0.25) is 0 Å². The lowest BCUT2D eigenvalue weighted by Crippen LogP contribution is -2.12. The van der Waals surface area contributed by atoms with Gasteiger partial charge >= 0.3 is 0 Å². The van der Waals surface area contributed by atoms with Crippen molar-refractivity contribution in [3.05, 3.63) is 35.4 Å². The number of aromatic hydroxyl groups is 1. The maximum Gasteiger partial charge on any atom is 0.167 e. The van der Waals surface area contributed by atoms with E-state index < -0.39 is 6.10 Å². The van der Waals surface area contributed by atoms with E-state index in [-0.39, 0.29) is 23.5 Å². The lowest BCUT2D eigenvalue weighted by molar-refractivity contribution is 0.101. The van der Waals surface area contributed by atoms with E-state index in [1.54, 1.807) is 19.1 Å². The van der Waals surface area contributed by atoms with Crippen LogP contribution in [-0.4, -0.2) is 29.2 Å². The van der Waals surface area contributed by atoms with E-state index in [1.807, 2.05) is 0 Å². The number of phenolic OH excluding ortho intramolecular Hbond substituents is 1. The van der Waals surface area contributed by atoms with Gasteiger partial charge in [0.1, 0.15) is 17.1 Å². The molecule has 1 unspecified atom stereocenters. The molecule has 0 aliphatic rings. The number of Topliss-reactive ketones (excluding diaryl/α,β-unsaturated/α-hetero) is 1. The van der Waals surface area contributed by atoms with Crippen LogP contribution < -0.4 is 4.74 Å². The van der Waals surface area contributed by atoms with Gasteiger partial charge in [0.25, 0.3) is 0 Å². The van der Waals surface area contributed by atoms with Crippen molar-refractivity contribution in [2.24, 2.45) is 0 Å². The van der Waals surface area contributed by atoms with Gasteiger partial charge in [-0.2, -0.15) is 0 Å². The molecule has 0 aliphatic heterocycles. The maximum absolute atomic E-state index is 11.5. The molecule has 0 aliphatic carbocycles. The summed E-state index contributed by atoms with van der Waals surface area (Å²) < 4.78 is 5.03. The number of carbonyl (C=O) groups is 1. The molecule has 0 spiro atoms. The molecule has 18 heavy (non-hydrogen) atoms. The molecule has 1 aromatic rings. The lowest BCUT2D eigenvalue weighted by atomic mass is 9.98. The number of benzene rings is 1. The van der Waals surface area contributed by atoms with Gasteiger partial charge in [-0.05, 0) is 25.5 Å². The Bertz CT molecular complexity index is 477. The molecule has 2 N–H and O–H groups in total. The van der Waals surface area contributed by atoms with Crippen molar-refractivity contribution in [3.8, 4) is 11.5 Å². The highest BCUT2D eigenvalue weighted by Crippen LogP contribution is 2.32. The van der Waals surface area contributed by atoms with Crippen LogP contribution in [0.15, 0.2) is 24.3 Å². The molecule has 0 saturated heterocycles. The first-order valence-electron chi connectivity index (χ1n) is 5.61. The predicted octanol–water partition coefficient (Wildman–Crippen LogP) is 2.08. The minimum Gasteiger partial charge on any atom is -0.507 e. The second-order valence-electron chi connectivity index (χ2n) is 4.27. The average Bonchev–Trinajstić information content (AvgIpc) is 2.30. The summed E-state index contributed by atoms with van der Waals surface area (Å²) in [6.45, 7) is 6.71. The van der Waals surface area contributed by atoms with Gasteiger partial charge in [-0.3, -0.25) is 4.79 Å². The van der Waals surface area contributed by atoms with Crippen molar-refractivity contribution < 1.29 is 19.7 Å². The Morgan fingerprint density at radius 1 is 1.44 bits per heavy atom. The minimum atomic E-state index is -0.746. The SMILES string of the molecule is C=C(C)C(O)Cc1ccc(OC)c(C(C)=O)c1O. The number of ether oxygens (including phenoxy) is 1. The van der Waals surface area contributed by atoms with Crippen LogP contribution >= 0.6 is 0 Å². The van der Waals surface area contributed by atoms with Crippen LogP contribution in [0.5, 0.6) is 11.5 Å². The highest BCUT2D eigenvalue weighted by molar-refractivity contribution is 5.99. The smallest absolute Gasteiger partial charge is 0.167 e. The monoisotopic (exact) mass is 250 g/mol. The summed E-state index contributed by atoms with van der Waals surface area (Å²) in [6, 6.07) is 3.24. The van der Waals surface area contributed by atoms with Gasteiger partial charge in [-0.15, -0.1) is 0 Å². The Labute approximate surface area is 107 Å². The number of aliphatic hydroxyl groups excluding tert-OH is 1. The van der Waals surface area contributed by atoms with Crippen LogP contribution in [0.1, 0.15) is 29.8 Å². The molecule has 0 aromatic heterocycles. The van der Waals surface area contributed by atoms with Crippen molar-refractivity contribution in [2.75, 3.05) is 7.11 Å². The topological polar surface area (TPSA) is 66.8 Å². The molecule has 0 heterocycles. The Kier molecular flexibility index (Phi) is 4.50. The van der Waals surface area contributed by atoms with Crippen molar-refractivity contribution in [1.82, 2.24) is 0 Å². The summed E-state index contributed by atoms with van der Waals surface area (Å²) in [5.41, 5.74) is 1.25. The summed E-state index contributed by atoms with van der Waals surface area (Å²) >= 11 is 0. The van der Waals surface area contributed by atoms with E-state index in [0.29, 0.717) is 16.9 Å². The van der Waals surface area contributed by atoms with E-state index in [1.165, 1.54) is 14.0 Å². The maximum atomic E-state index is 11.5. The zero-order valence-electron chi connectivity index (χ0n) is 10.9. The lowest BCUT2D eigenvalue weighted by Gasteiger charge is -2.15. The van der Waals surface area contributed by atoms with E-state index in [2.05, 4.69) is 6.58 Å². The van der Waals surface area contributed by atoms with Crippen molar-refractivity contribution >= 4 is 5.78 Å². The Hall–Kier alpha value is -1.81. The molecule has 0 fully saturated rings. The van der Waals surface area contributed by atoms with Crippen LogP contribution in [0.25, 0.3) is 0 Å². The predicted molar refractivity (Wildman–Crippen MR) is 69.2 cm³/mol. The number of phenols is 1. The van der Waals surface area contributed by atoms with Gasteiger partial charge in [0, 0.05) is 6.42 Å². The van der Waals surface area contributed by atoms with Gasteiger partial charge in [-0.1, -0.05) is 18.2 Å². The van der Waals surface area contributed by atoms with Gasteiger partial charge in [0.05, 0.1) is 13.2 Å². The number of aliphatic hydroxyl groups is 1. The van der Waals surface area contributed by atoms with Crippen molar-refractivity contribution in [2.45, 2.75) is 26.4 Å². The summed E-state index contributed by atoms with van der Waals surface area (Å²) in [7, 11) is 1.43.